The van der Waals surface area contributed by atoms with Gasteiger partial charge in [0.15, 0.2) is 0 Å². The molecule has 0 spiro atoms. The molecule has 150 valence electrons. The highest BCUT2D eigenvalue weighted by Gasteiger charge is 2.54. The summed E-state index contributed by atoms with van der Waals surface area (Å²) in [4.78, 5) is 3.40. The zero-order valence-corrected chi connectivity index (χ0v) is 18.5. The van der Waals surface area contributed by atoms with Crippen LogP contribution in [0.5, 0.6) is 0 Å². The number of hydrogen-bond donors (Lipinski definition) is 1. The molecule has 0 radical (unpaired) electrons. The van der Waals surface area contributed by atoms with E-state index >= 15 is 0 Å². The van der Waals surface area contributed by atoms with Crippen molar-refractivity contribution in [2.75, 3.05) is 0 Å². The number of aryl methyl sites for hydroxylation is 1. The van der Waals surface area contributed by atoms with E-state index in [4.69, 9.17) is 18.6 Å². The molecule has 28 heavy (non-hydrogen) atoms. The van der Waals surface area contributed by atoms with Crippen LogP contribution in [0.2, 0.25) is 0 Å². The lowest BCUT2D eigenvalue weighted by Gasteiger charge is -2.32. The number of hydrogen-bond acceptors (Lipinski definition) is 4. The number of aromatic nitrogens is 1. The van der Waals surface area contributed by atoms with Crippen molar-refractivity contribution in [3.8, 4) is 0 Å². The fraction of sp³-hybridized carbons (Fsp3) is 0.619. The van der Waals surface area contributed by atoms with E-state index in [0.29, 0.717) is 0 Å². The summed E-state index contributed by atoms with van der Waals surface area (Å²) in [5.41, 5.74) is 2.61. The molecule has 0 amide bonds. The van der Waals surface area contributed by atoms with Gasteiger partial charge in [-0.05, 0) is 73.3 Å². The average molecular weight is 383 g/mol. The van der Waals surface area contributed by atoms with E-state index in [1.54, 1.807) is 0 Å². The Morgan fingerprint density at radius 1 is 0.714 bits per heavy atom. The molecule has 0 saturated carbocycles. The van der Waals surface area contributed by atoms with E-state index in [1.165, 1.54) is 5.56 Å². The molecule has 1 aromatic carbocycles. The van der Waals surface area contributed by atoms with Gasteiger partial charge in [-0.15, -0.1) is 0 Å². The molecule has 1 aromatic heterocycles. The standard InChI is InChI=1S/C21H31B2NO4/c1-13-12-24-17-15(13)10-14(22-25-18(2,3)19(4,5)26-22)11-16(17)23-27-20(6,7)21(8,9)28-23/h10-12,24H,1-9H3. The van der Waals surface area contributed by atoms with Crippen molar-refractivity contribution in [2.24, 2.45) is 0 Å². The lowest BCUT2D eigenvalue weighted by atomic mass is 9.70. The number of aromatic amines is 1. The Bertz CT molecular complexity index is 900. The molecular formula is C21H31B2NO4. The first-order chi connectivity index (χ1) is 12.7. The Kier molecular flexibility index (Phi) is 4.20. The van der Waals surface area contributed by atoms with E-state index in [0.717, 1.165) is 21.8 Å². The molecule has 4 rings (SSSR count). The van der Waals surface area contributed by atoms with Crippen LogP contribution in [0.4, 0.5) is 0 Å². The van der Waals surface area contributed by atoms with Gasteiger partial charge in [0.25, 0.3) is 0 Å². The number of fused-ring (bicyclic) bond motifs is 1. The van der Waals surface area contributed by atoms with Crippen molar-refractivity contribution in [3.05, 3.63) is 23.9 Å². The summed E-state index contributed by atoms with van der Waals surface area (Å²) in [6, 6.07) is 4.25. The minimum absolute atomic E-state index is 0.385. The summed E-state index contributed by atoms with van der Waals surface area (Å²) in [5.74, 6) is 0. The van der Waals surface area contributed by atoms with Crippen LogP contribution >= 0.6 is 0 Å². The fourth-order valence-electron chi connectivity index (χ4n) is 3.69. The highest BCUT2D eigenvalue weighted by Crippen LogP contribution is 2.38. The minimum Gasteiger partial charge on any atom is -0.399 e. The summed E-state index contributed by atoms with van der Waals surface area (Å²) < 4.78 is 25.3. The van der Waals surface area contributed by atoms with E-state index < -0.39 is 25.4 Å². The van der Waals surface area contributed by atoms with Crippen molar-refractivity contribution >= 4 is 36.1 Å². The molecule has 2 aromatic rings. The van der Waals surface area contributed by atoms with Gasteiger partial charge >= 0.3 is 14.2 Å². The second-order valence-electron chi connectivity index (χ2n) is 10.2. The third-order valence-electron chi connectivity index (χ3n) is 7.08. The second-order valence-corrected chi connectivity index (χ2v) is 10.2. The highest BCUT2D eigenvalue weighted by atomic mass is 16.7. The third-order valence-corrected chi connectivity index (χ3v) is 7.08. The molecule has 2 aliphatic rings. The average Bonchev–Trinajstić information content (AvgIpc) is 3.10. The zero-order chi connectivity index (χ0) is 20.7. The zero-order valence-electron chi connectivity index (χ0n) is 18.5. The first-order valence-electron chi connectivity index (χ1n) is 10.1. The molecular weight excluding hydrogens is 352 g/mol. The summed E-state index contributed by atoms with van der Waals surface area (Å²) in [6.45, 7) is 18.7. The lowest BCUT2D eigenvalue weighted by molar-refractivity contribution is 0.00578. The van der Waals surface area contributed by atoms with Gasteiger partial charge in [0.2, 0.25) is 0 Å². The molecule has 3 heterocycles. The summed E-state index contributed by atoms with van der Waals surface area (Å²) in [6.07, 6.45) is 2.02. The fourth-order valence-corrected chi connectivity index (χ4v) is 3.69. The monoisotopic (exact) mass is 383 g/mol. The largest absolute Gasteiger partial charge is 0.496 e. The van der Waals surface area contributed by atoms with Crippen LogP contribution in [0.15, 0.2) is 18.3 Å². The number of nitrogens with one attached hydrogen (secondary N) is 1. The van der Waals surface area contributed by atoms with Crippen LogP contribution in [0, 0.1) is 6.92 Å². The molecule has 2 fully saturated rings. The van der Waals surface area contributed by atoms with Gasteiger partial charge in [0.1, 0.15) is 0 Å². The maximum Gasteiger partial charge on any atom is 0.496 e. The van der Waals surface area contributed by atoms with Gasteiger partial charge in [0.05, 0.1) is 22.4 Å². The van der Waals surface area contributed by atoms with Crippen LogP contribution in [-0.4, -0.2) is 41.6 Å². The maximum absolute atomic E-state index is 6.34. The van der Waals surface area contributed by atoms with Crippen molar-refractivity contribution in [1.82, 2.24) is 4.98 Å². The van der Waals surface area contributed by atoms with E-state index in [-0.39, 0.29) is 11.2 Å². The number of rotatable bonds is 2. The first kappa shape index (κ1) is 20.0. The Morgan fingerprint density at radius 3 is 1.68 bits per heavy atom. The smallest absolute Gasteiger partial charge is 0.399 e. The Labute approximate surface area is 168 Å². The Balaban J connectivity index is 1.81. The van der Waals surface area contributed by atoms with Crippen LogP contribution in [0.1, 0.15) is 61.0 Å². The van der Waals surface area contributed by atoms with E-state index in [1.807, 2.05) is 6.20 Å². The minimum atomic E-state index is -0.451. The van der Waals surface area contributed by atoms with Gasteiger partial charge in [-0.2, -0.15) is 0 Å². The second kappa shape index (κ2) is 5.88. The van der Waals surface area contributed by atoms with Gasteiger partial charge in [0, 0.05) is 22.6 Å². The summed E-state index contributed by atoms with van der Waals surface area (Å²) in [7, 11) is -0.877. The van der Waals surface area contributed by atoms with Crippen LogP contribution < -0.4 is 10.9 Å². The molecule has 7 heteroatoms. The van der Waals surface area contributed by atoms with Gasteiger partial charge < -0.3 is 23.6 Å². The number of H-pyrrole nitrogens is 1. The predicted molar refractivity (Wildman–Crippen MR) is 114 cm³/mol. The molecule has 0 aliphatic carbocycles. The normalized spacial score (nSPS) is 25.0. The SMILES string of the molecule is Cc1c[nH]c2c(B3OC(C)(C)C(C)(C)O3)cc(B3OC(C)(C)C(C)(C)O3)cc12. The molecule has 0 atom stereocenters. The number of benzene rings is 1. The first-order valence-corrected chi connectivity index (χ1v) is 10.1. The van der Waals surface area contributed by atoms with Crippen molar-refractivity contribution in [1.29, 1.82) is 0 Å². The molecule has 2 saturated heterocycles. The van der Waals surface area contributed by atoms with Gasteiger partial charge in [-0.3, -0.25) is 0 Å². The molecule has 2 aliphatic heterocycles. The van der Waals surface area contributed by atoms with Crippen LogP contribution in [0.25, 0.3) is 10.9 Å². The van der Waals surface area contributed by atoms with Crippen molar-refractivity contribution in [2.45, 2.75) is 84.7 Å². The maximum atomic E-state index is 6.34. The molecule has 0 bridgehead atoms. The van der Waals surface area contributed by atoms with Gasteiger partial charge in [-0.1, -0.05) is 12.1 Å². The highest BCUT2D eigenvalue weighted by molar-refractivity contribution is 6.68. The molecule has 0 unspecified atom stereocenters. The quantitative estimate of drug-likeness (QED) is 0.811. The Morgan fingerprint density at radius 2 is 1.18 bits per heavy atom. The molecule has 1 N–H and O–H groups in total. The van der Waals surface area contributed by atoms with Crippen molar-refractivity contribution < 1.29 is 18.6 Å². The van der Waals surface area contributed by atoms with Gasteiger partial charge in [-0.25, -0.2) is 0 Å². The van der Waals surface area contributed by atoms with Crippen molar-refractivity contribution in [3.63, 3.8) is 0 Å². The summed E-state index contributed by atoms with van der Waals surface area (Å²) >= 11 is 0. The van der Waals surface area contributed by atoms with Crippen LogP contribution in [0.3, 0.4) is 0 Å². The van der Waals surface area contributed by atoms with E-state index in [9.17, 15) is 0 Å². The summed E-state index contributed by atoms with van der Waals surface area (Å²) in [5, 5.41) is 1.14. The van der Waals surface area contributed by atoms with E-state index in [2.05, 4.69) is 79.4 Å². The topological polar surface area (TPSA) is 52.7 Å². The third kappa shape index (κ3) is 2.86. The molecule has 5 nitrogen and oxygen atoms in total. The Hall–Kier alpha value is -1.27. The predicted octanol–water partition coefficient (Wildman–Crippen LogP) is 3.07. The lowest BCUT2D eigenvalue weighted by Crippen LogP contribution is -2.41. The van der Waals surface area contributed by atoms with Crippen LogP contribution in [-0.2, 0) is 18.6 Å².